The van der Waals surface area contributed by atoms with E-state index >= 15 is 0 Å². The summed E-state index contributed by atoms with van der Waals surface area (Å²) in [6.45, 7) is 2.15. The van der Waals surface area contributed by atoms with Crippen LogP contribution in [0, 0.1) is 0 Å². The number of aromatic nitrogens is 1. The smallest absolute Gasteiger partial charge is 0.250 e. The molecule has 0 aliphatic carbocycles. The van der Waals surface area contributed by atoms with E-state index in [1.807, 2.05) is 30.3 Å². The topological polar surface area (TPSA) is 97.6 Å². The lowest BCUT2D eigenvalue weighted by Crippen LogP contribution is -2.48. The number of amides is 2. The highest BCUT2D eigenvalue weighted by molar-refractivity contribution is 6.33. The third-order valence-electron chi connectivity index (χ3n) is 4.34. The van der Waals surface area contributed by atoms with Crippen LogP contribution < -0.4 is 11.1 Å². The monoisotopic (exact) mass is 388 g/mol. The predicted octanol–water partition coefficient (Wildman–Crippen LogP) is 1.72. The normalized spacial score (nSPS) is 15.2. The molecule has 1 atom stereocenters. The molecule has 1 fully saturated rings. The van der Waals surface area contributed by atoms with Crippen molar-refractivity contribution in [1.29, 1.82) is 0 Å². The van der Waals surface area contributed by atoms with Gasteiger partial charge in [-0.25, -0.2) is 4.98 Å². The van der Waals surface area contributed by atoms with Crippen molar-refractivity contribution >= 4 is 29.2 Å². The number of morpholine rings is 1. The number of carbonyl (C=O) groups is 2. The van der Waals surface area contributed by atoms with E-state index in [4.69, 9.17) is 22.1 Å². The Morgan fingerprint density at radius 3 is 2.59 bits per heavy atom. The third-order valence-corrected chi connectivity index (χ3v) is 4.63. The molecule has 142 valence electrons. The first kappa shape index (κ1) is 19.1. The van der Waals surface area contributed by atoms with Gasteiger partial charge in [0.25, 0.3) is 0 Å². The van der Waals surface area contributed by atoms with Crippen molar-refractivity contribution in [3.05, 3.63) is 58.7 Å². The summed E-state index contributed by atoms with van der Waals surface area (Å²) in [7, 11) is 0. The van der Waals surface area contributed by atoms with Gasteiger partial charge in [-0.3, -0.25) is 9.59 Å². The number of nitrogens with two attached hydrogens (primary N) is 1. The molecule has 0 spiro atoms. The molecule has 1 saturated heterocycles. The van der Waals surface area contributed by atoms with Crippen LogP contribution in [-0.2, 0) is 16.0 Å². The number of hydrogen-bond donors (Lipinski definition) is 2. The minimum Gasteiger partial charge on any atom is -0.378 e. The van der Waals surface area contributed by atoms with Gasteiger partial charge in [0.15, 0.2) is 0 Å². The fourth-order valence-corrected chi connectivity index (χ4v) is 3.12. The Labute approximate surface area is 162 Å². The van der Waals surface area contributed by atoms with Crippen LogP contribution in [0.25, 0.3) is 0 Å². The largest absolute Gasteiger partial charge is 0.378 e. The Kier molecular flexibility index (Phi) is 6.26. The summed E-state index contributed by atoms with van der Waals surface area (Å²) < 4.78 is 5.33. The van der Waals surface area contributed by atoms with Crippen LogP contribution in [0.15, 0.2) is 42.6 Å². The second-order valence-corrected chi connectivity index (χ2v) is 6.65. The van der Waals surface area contributed by atoms with E-state index in [2.05, 4.69) is 10.3 Å². The molecule has 1 aliphatic rings. The summed E-state index contributed by atoms with van der Waals surface area (Å²) in [5.41, 5.74) is 6.48. The van der Waals surface area contributed by atoms with Crippen molar-refractivity contribution in [3.63, 3.8) is 0 Å². The number of halogens is 1. The lowest BCUT2D eigenvalue weighted by Gasteiger charge is -2.31. The van der Waals surface area contributed by atoms with Crippen LogP contribution in [0.4, 0.5) is 5.82 Å². The molecule has 1 aromatic carbocycles. The van der Waals surface area contributed by atoms with Gasteiger partial charge in [0.1, 0.15) is 11.9 Å². The highest BCUT2D eigenvalue weighted by atomic mass is 35.5. The molecule has 3 N–H and O–H groups in total. The first-order chi connectivity index (χ1) is 13.0. The number of nitrogens with zero attached hydrogens (tertiary/aromatic N) is 2. The fourth-order valence-electron chi connectivity index (χ4n) is 2.90. The quantitative estimate of drug-likeness (QED) is 0.785. The summed E-state index contributed by atoms with van der Waals surface area (Å²) >= 11 is 6.23. The van der Waals surface area contributed by atoms with Gasteiger partial charge in [-0.1, -0.05) is 41.9 Å². The minimum absolute atomic E-state index is 0.0426. The Morgan fingerprint density at radius 1 is 1.26 bits per heavy atom. The van der Waals surface area contributed by atoms with Gasteiger partial charge < -0.3 is 20.7 Å². The van der Waals surface area contributed by atoms with Crippen molar-refractivity contribution in [1.82, 2.24) is 9.88 Å². The second kappa shape index (κ2) is 8.83. The molecule has 8 heteroatoms. The lowest BCUT2D eigenvalue weighted by atomic mass is 10.0. The maximum absolute atomic E-state index is 13.1. The zero-order valence-corrected chi connectivity index (χ0v) is 15.5. The number of nitrogens with one attached hydrogen (secondary N) is 1. The molecule has 3 rings (SSSR count). The van der Waals surface area contributed by atoms with Gasteiger partial charge >= 0.3 is 0 Å². The Bertz CT molecular complexity index is 810. The number of primary amides is 1. The molecule has 7 nitrogen and oxygen atoms in total. The number of carbonyl (C=O) groups excluding carboxylic acids is 2. The van der Waals surface area contributed by atoms with Crippen LogP contribution in [0.5, 0.6) is 0 Å². The number of anilines is 1. The second-order valence-electron chi connectivity index (χ2n) is 6.24. The molecular formula is C19H21ClN4O3. The number of rotatable bonds is 6. The Hall–Kier alpha value is -2.64. The van der Waals surface area contributed by atoms with Gasteiger partial charge in [0.2, 0.25) is 11.8 Å². The SMILES string of the molecule is NC(=O)c1cnc(NC(Cc2ccccc2)C(=O)N2CCOCC2)c(Cl)c1. The van der Waals surface area contributed by atoms with E-state index in [1.54, 1.807) is 4.90 Å². The van der Waals surface area contributed by atoms with E-state index in [0.29, 0.717) is 38.5 Å². The molecule has 1 aliphatic heterocycles. The highest BCUT2D eigenvalue weighted by Crippen LogP contribution is 2.22. The molecule has 2 heterocycles. The molecule has 0 bridgehead atoms. The van der Waals surface area contributed by atoms with Crippen molar-refractivity contribution in [2.24, 2.45) is 5.73 Å². The van der Waals surface area contributed by atoms with Crippen molar-refractivity contribution in [3.8, 4) is 0 Å². The first-order valence-electron chi connectivity index (χ1n) is 8.67. The highest BCUT2D eigenvalue weighted by Gasteiger charge is 2.27. The number of ether oxygens (including phenoxy) is 1. The van der Waals surface area contributed by atoms with Crippen molar-refractivity contribution < 1.29 is 14.3 Å². The van der Waals surface area contributed by atoms with Gasteiger partial charge in [-0.15, -0.1) is 0 Å². The summed E-state index contributed by atoms with van der Waals surface area (Å²) in [5, 5.41) is 3.37. The predicted molar refractivity (Wildman–Crippen MR) is 103 cm³/mol. The standard InChI is InChI=1S/C19H21ClN4O3/c20-15-11-14(17(21)25)12-22-18(15)23-16(10-13-4-2-1-3-5-13)19(26)24-6-8-27-9-7-24/h1-5,11-12,16H,6-10H2,(H2,21,25)(H,22,23). The van der Waals surface area contributed by atoms with Gasteiger partial charge in [0.05, 0.1) is 23.8 Å². The Balaban J connectivity index is 1.82. The van der Waals surface area contributed by atoms with Gasteiger partial charge in [-0.05, 0) is 11.6 Å². The van der Waals surface area contributed by atoms with E-state index in [0.717, 1.165) is 5.56 Å². The molecule has 27 heavy (non-hydrogen) atoms. The molecule has 0 radical (unpaired) electrons. The average molecular weight is 389 g/mol. The summed E-state index contributed by atoms with van der Waals surface area (Å²) in [6.07, 6.45) is 1.82. The molecule has 0 saturated carbocycles. The van der Waals surface area contributed by atoms with Crippen LogP contribution in [-0.4, -0.2) is 54.0 Å². The minimum atomic E-state index is -0.610. The third kappa shape index (κ3) is 4.96. The average Bonchev–Trinajstić information content (AvgIpc) is 2.69. The van der Waals surface area contributed by atoms with Crippen LogP contribution in [0.3, 0.4) is 0 Å². The Morgan fingerprint density at radius 2 is 1.96 bits per heavy atom. The lowest BCUT2D eigenvalue weighted by molar-refractivity contribution is -0.136. The van der Waals surface area contributed by atoms with Crippen LogP contribution in [0.2, 0.25) is 5.02 Å². The molecule has 2 aromatic rings. The first-order valence-corrected chi connectivity index (χ1v) is 9.04. The van der Waals surface area contributed by atoms with Crippen LogP contribution in [0.1, 0.15) is 15.9 Å². The zero-order chi connectivity index (χ0) is 19.2. The van der Waals surface area contributed by atoms with E-state index in [-0.39, 0.29) is 16.5 Å². The number of pyridine rings is 1. The number of hydrogen-bond acceptors (Lipinski definition) is 5. The zero-order valence-electron chi connectivity index (χ0n) is 14.7. The summed E-state index contributed by atoms with van der Waals surface area (Å²) in [4.78, 5) is 30.3. The van der Waals surface area contributed by atoms with Gasteiger partial charge in [0, 0.05) is 25.7 Å². The summed E-state index contributed by atoms with van der Waals surface area (Å²) in [5.74, 6) is -0.315. The number of benzene rings is 1. The maximum atomic E-state index is 13.1. The molecule has 1 aromatic heterocycles. The van der Waals surface area contributed by atoms with E-state index in [1.165, 1.54) is 12.3 Å². The van der Waals surface area contributed by atoms with Gasteiger partial charge in [-0.2, -0.15) is 0 Å². The summed E-state index contributed by atoms with van der Waals surface area (Å²) in [6, 6.07) is 10.6. The molecule has 2 amide bonds. The van der Waals surface area contributed by atoms with E-state index in [9.17, 15) is 9.59 Å². The van der Waals surface area contributed by atoms with Crippen molar-refractivity contribution in [2.45, 2.75) is 12.5 Å². The van der Waals surface area contributed by atoms with Crippen molar-refractivity contribution in [2.75, 3.05) is 31.6 Å². The molecule has 1 unspecified atom stereocenters. The van der Waals surface area contributed by atoms with Crippen LogP contribution >= 0.6 is 11.6 Å². The fraction of sp³-hybridized carbons (Fsp3) is 0.316. The molecular weight excluding hydrogens is 368 g/mol. The maximum Gasteiger partial charge on any atom is 0.250 e. The van der Waals surface area contributed by atoms with E-state index < -0.39 is 11.9 Å².